The van der Waals surface area contributed by atoms with E-state index in [1.54, 1.807) is 6.20 Å². The Kier molecular flexibility index (Phi) is 7.11. The van der Waals surface area contributed by atoms with E-state index in [9.17, 15) is 5.11 Å². The molecule has 0 aliphatic heterocycles. The molecule has 6 heteroatoms. The normalized spacial score (nSPS) is 11.1. The van der Waals surface area contributed by atoms with Gasteiger partial charge in [-0.2, -0.15) is 0 Å². The number of rotatable bonds is 4. The number of nitrogens with one attached hydrogen (secondary N) is 1. The molecule has 0 bridgehead atoms. The number of nitrogens with zero attached hydrogens (tertiary/aromatic N) is 3. The number of aromatic nitrogens is 4. The number of hydrogen-bond donors (Lipinski definition) is 0. The van der Waals surface area contributed by atoms with Crippen LogP contribution in [-0.2, 0) is 0 Å². The molecule has 0 aliphatic carbocycles. The van der Waals surface area contributed by atoms with Crippen molar-refractivity contribution in [1.82, 2.24) is 15.0 Å². The van der Waals surface area contributed by atoms with Crippen LogP contribution in [0.2, 0.25) is 0 Å². The summed E-state index contributed by atoms with van der Waals surface area (Å²) < 4.78 is 0. The Morgan fingerprint density at radius 3 is 1.77 bits per heavy atom. The summed E-state index contributed by atoms with van der Waals surface area (Å²) in [6.07, 6.45) is 1.79. The molecule has 6 aromatic carbocycles. The van der Waals surface area contributed by atoms with Gasteiger partial charge in [-0.25, -0.2) is 19.9 Å². The molecule has 5 nitrogen and oxygen atoms in total. The van der Waals surface area contributed by atoms with Gasteiger partial charge >= 0.3 is 18.9 Å². The minimum absolute atomic E-state index is 0. The molecule has 8 aromatic rings. The summed E-state index contributed by atoms with van der Waals surface area (Å²) in [4.78, 5) is 17.8. The van der Waals surface area contributed by atoms with Crippen LogP contribution in [0, 0.1) is 0 Å². The van der Waals surface area contributed by atoms with Crippen LogP contribution in [-0.4, -0.2) is 15.0 Å². The fourth-order valence-electron chi connectivity index (χ4n) is 5.81. The van der Waals surface area contributed by atoms with Crippen LogP contribution in [0.25, 0.3) is 77.7 Å². The Labute approximate surface area is 266 Å². The number of fused-ring (bicyclic) bond motifs is 3. The van der Waals surface area contributed by atoms with Crippen molar-refractivity contribution in [2.75, 3.05) is 0 Å². The molecule has 0 spiro atoms. The van der Waals surface area contributed by atoms with E-state index in [-0.39, 0.29) is 24.6 Å². The van der Waals surface area contributed by atoms with Gasteiger partial charge in [0.25, 0.3) is 0 Å². The number of H-pyrrole nitrogens is 1. The molecule has 44 heavy (non-hydrogen) atoms. The Balaban J connectivity index is 0.00000312. The SMILES string of the molecule is [Li+].[O-]c1c(-c2c3ccccc3cc3cc(-c4nc(-c5ccccc5)nc(-c5ccccc5)n4)ccc23)ccc2ccc[nH+]c12. The fourth-order valence-corrected chi connectivity index (χ4v) is 5.81. The van der Waals surface area contributed by atoms with E-state index >= 15 is 0 Å². The van der Waals surface area contributed by atoms with Crippen LogP contribution in [0.4, 0.5) is 0 Å². The quantitative estimate of drug-likeness (QED) is 0.227. The summed E-state index contributed by atoms with van der Waals surface area (Å²) in [5.74, 6) is 1.81. The van der Waals surface area contributed by atoms with Crippen molar-refractivity contribution in [2.24, 2.45) is 0 Å². The van der Waals surface area contributed by atoms with Gasteiger partial charge in [0.15, 0.2) is 23.7 Å². The molecule has 0 fully saturated rings. The van der Waals surface area contributed by atoms with E-state index in [2.05, 4.69) is 35.3 Å². The Morgan fingerprint density at radius 1 is 0.477 bits per heavy atom. The average Bonchev–Trinajstić information content (AvgIpc) is 3.08. The first-order valence-corrected chi connectivity index (χ1v) is 14.2. The van der Waals surface area contributed by atoms with Gasteiger partial charge in [0.2, 0.25) is 5.52 Å². The molecule has 8 rings (SSSR count). The van der Waals surface area contributed by atoms with Gasteiger partial charge in [-0.1, -0.05) is 103 Å². The molecular weight excluding hydrogens is 535 g/mol. The summed E-state index contributed by atoms with van der Waals surface area (Å²) >= 11 is 0. The number of hydrogen-bond acceptors (Lipinski definition) is 4. The van der Waals surface area contributed by atoms with Crippen molar-refractivity contribution in [3.63, 3.8) is 0 Å². The van der Waals surface area contributed by atoms with Crippen molar-refractivity contribution < 1.29 is 29.0 Å². The third-order valence-electron chi connectivity index (χ3n) is 7.88. The maximum atomic E-state index is 13.8. The second kappa shape index (κ2) is 11.4. The maximum Gasteiger partial charge on any atom is 1.00 e. The van der Waals surface area contributed by atoms with Crippen LogP contribution >= 0.6 is 0 Å². The van der Waals surface area contributed by atoms with E-state index in [0.29, 0.717) is 28.6 Å². The van der Waals surface area contributed by atoms with Gasteiger partial charge in [0.1, 0.15) is 0 Å². The van der Waals surface area contributed by atoms with Crippen molar-refractivity contribution in [1.29, 1.82) is 0 Å². The monoisotopic (exact) mass is 559 g/mol. The summed E-state index contributed by atoms with van der Waals surface area (Å²) in [6, 6.07) is 44.4. The second-order valence-corrected chi connectivity index (χ2v) is 10.5. The molecule has 0 saturated carbocycles. The average molecular weight is 560 g/mol. The molecule has 0 saturated heterocycles. The van der Waals surface area contributed by atoms with Crippen molar-refractivity contribution in [3.05, 3.63) is 140 Å². The van der Waals surface area contributed by atoms with Gasteiger partial charge in [0, 0.05) is 28.1 Å². The molecule has 0 unspecified atom stereocenters. The van der Waals surface area contributed by atoms with Crippen LogP contribution in [0.5, 0.6) is 5.75 Å². The topological polar surface area (TPSA) is 75.9 Å². The molecular formula is C38H24LiN4O+. The molecule has 2 aromatic heterocycles. The molecule has 0 aliphatic rings. The van der Waals surface area contributed by atoms with E-state index in [4.69, 9.17) is 15.0 Å². The second-order valence-electron chi connectivity index (χ2n) is 10.5. The minimum atomic E-state index is -0.0164. The summed E-state index contributed by atoms with van der Waals surface area (Å²) in [5, 5.41) is 18.8. The first-order chi connectivity index (χ1) is 21.2. The zero-order valence-corrected chi connectivity index (χ0v) is 24.0. The molecule has 1 N–H and O–H groups in total. The Morgan fingerprint density at radius 2 is 1.07 bits per heavy atom. The van der Waals surface area contributed by atoms with E-state index < -0.39 is 0 Å². The van der Waals surface area contributed by atoms with E-state index in [1.165, 1.54) is 0 Å². The molecule has 0 atom stereocenters. The third kappa shape index (κ3) is 4.79. The van der Waals surface area contributed by atoms with Crippen LogP contribution in [0.3, 0.4) is 0 Å². The zero-order valence-electron chi connectivity index (χ0n) is 24.0. The zero-order chi connectivity index (χ0) is 28.8. The van der Waals surface area contributed by atoms with Crippen molar-refractivity contribution in [2.45, 2.75) is 0 Å². The number of pyridine rings is 1. The largest absolute Gasteiger partial charge is 1.00 e. The maximum absolute atomic E-state index is 13.8. The van der Waals surface area contributed by atoms with Gasteiger partial charge in [-0.05, 0) is 62.7 Å². The van der Waals surface area contributed by atoms with E-state index in [0.717, 1.165) is 49.2 Å². The fraction of sp³-hybridized carbons (Fsp3) is 0. The summed E-state index contributed by atoms with van der Waals surface area (Å²) in [5.41, 5.74) is 4.92. The molecule has 2 heterocycles. The van der Waals surface area contributed by atoms with Crippen LogP contribution in [0.1, 0.15) is 0 Å². The molecule has 0 amide bonds. The first kappa shape index (κ1) is 27.5. The van der Waals surface area contributed by atoms with Crippen molar-refractivity contribution >= 4 is 32.4 Å². The summed E-state index contributed by atoms with van der Waals surface area (Å²) in [7, 11) is 0. The predicted octanol–water partition coefficient (Wildman–Crippen LogP) is 4.89. The Hall–Kier alpha value is -5.34. The smallest absolute Gasteiger partial charge is 0.868 e. The van der Waals surface area contributed by atoms with Gasteiger partial charge in [0.05, 0.1) is 0 Å². The van der Waals surface area contributed by atoms with E-state index in [1.807, 2.05) is 103 Å². The number of aromatic amines is 1. The van der Waals surface area contributed by atoms with Crippen LogP contribution < -0.4 is 29.0 Å². The molecule has 202 valence electrons. The third-order valence-corrected chi connectivity index (χ3v) is 7.88. The minimum Gasteiger partial charge on any atom is -0.868 e. The first-order valence-electron chi connectivity index (χ1n) is 14.2. The van der Waals surface area contributed by atoms with Gasteiger partial charge in [-0.3, -0.25) is 0 Å². The van der Waals surface area contributed by atoms with Crippen molar-refractivity contribution in [3.8, 4) is 51.0 Å². The van der Waals surface area contributed by atoms with Crippen LogP contribution in [0.15, 0.2) is 140 Å². The Bertz CT molecular complexity index is 2250. The number of benzene rings is 6. The standard InChI is InChI=1S/C38H24N4O.Li/c43-35-32(20-17-24-15-9-21-39-34(24)35)33-30-16-8-7-14-27(30)22-29-23-28(18-19-31(29)33)38-41-36(25-10-3-1-4-11-25)40-37(42-38)26-12-5-2-6-13-26;/h1-23,43H;/q;+1. The predicted molar refractivity (Wildman–Crippen MR) is 170 cm³/mol. The van der Waals surface area contributed by atoms with Gasteiger partial charge in [-0.15, -0.1) is 0 Å². The van der Waals surface area contributed by atoms with Gasteiger partial charge < -0.3 is 5.11 Å². The molecule has 0 radical (unpaired) electrons. The summed E-state index contributed by atoms with van der Waals surface area (Å²) in [6.45, 7) is 0.